The van der Waals surface area contributed by atoms with Gasteiger partial charge in [-0.3, -0.25) is 14.7 Å². The zero-order valence-corrected chi connectivity index (χ0v) is 24.0. The fraction of sp³-hybridized carbons (Fsp3) is 0.640. The smallest absolute Gasteiger partial charge is 0.475 e. The van der Waals surface area contributed by atoms with E-state index in [-0.39, 0.29) is 18.1 Å². The standard InChI is InChI=1S/C19H28N4O2.3C2HF3O2/c1-21-10-12-22(13-11-21)19(24)18-6-5-16-17(25-18)7-9-23(16)14-15-4-2-3-8-20-15;3*3-2(4,5)1(6)7/h2-4,8,16-18H,5-7,9-14H2,1H3;3*(H,6,7)/t16-,17-,18-;;;/m1.../s1. The normalized spacial score (nSPS) is 22.0. The van der Waals surface area contributed by atoms with Crippen LogP contribution in [0.25, 0.3) is 0 Å². The van der Waals surface area contributed by atoms with Crippen LogP contribution in [-0.2, 0) is 30.5 Å². The number of pyridine rings is 1. The number of nitrogens with zero attached hydrogens (tertiary/aromatic N) is 4. The first-order valence-corrected chi connectivity index (χ1v) is 13.2. The summed E-state index contributed by atoms with van der Waals surface area (Å²) in [5, 5.41) is 21.4. The lowest BCUT2D eigenvalue weighted by Gasteiger charge is -2.39. The van der Waals surface area contributed by atoms with E-state index in [1.54, 1.807) is 0 Å². The minimum atomic E-state index is -5.08. The molecule has 0 unspecified atom stereocenters. The quantitative estimate of drug-likeness (QED) is 0.402. The number of carboxylic acid groups (broad SMARTS) is 3. The third kappa shape index (κ3) is 14.1. The summed E-state index contributed by atoms with van der Waals surface area (Å²) in [7, 11) is 2.11. The fourth-order valence-corrected chi connectivity index (χ4v) is 4.32. The van der Waals surface area contributed by atoms with Gasteiger partial charge in [0.2, 0.25) is 0 Å². The zero-order valence-electron chi connectivity index (χ0n) is 24.0. The van der Waals surface area contributed by atoms with E-state index in [0.717, 1.165) is 64.2 Å². The minimum Gasteiger partial charge on any atom is -0.475 e. The van der Waals surface area contributed by atoms with Gasteiger partial charge in [-0.05, 0) is 38.4 Å². The third-order valence-electron chi connectivity index (χ3n) is 6.57. The zero-order chi connectivity index (χ0) is 35.5. The van der Waals surface area contributed by atoms with E-state index in [4.69, 9.17) is 34.4 Å². The van der Waals surface area contributed by atoms with Crippen LogP contribution in [0.15, 0.2) is 24.4 Å². The second-order valence-electron chi connectivity index (χ2n) is 9.93. The molecule has 0 spiro atoms. The number of piperazine rings is 1. The number of carbonyl (C=O) groups is 4. The maximum Gasteiger partial charge on any atom is 0.490 e. The molecular weight excluding hydrogens is 655 g/mol. The Balaban J connectivity index is 0.000000413. The molecule has 1 aromatic heterocycles. The third-order valence-corrected chi connectivity index (χ3v) is 6.57. The highest BCUT2D eigenvalue weighted by Gasteiger charge is 2.43. The molecule has 4 heterocycles. The van der Waals surface area contributed by atoms with E-state index in [2.05, 4.69) is 27.9 Å². The summed E-state index contributed by atoms with van der Waals surface area (Å²) in [6, 6.07) is 6.50. The van der Waals surface area contributed by atoms with Crippen LogP contribution < -0.4 is 0 Å². The Morgan fingerprint density at radius 2 is 1.26 bits per heavy atom. The Morgan fingerprint density at radius 1 is 0.783 bits per heavy atom. The van der Waals surface area contributed by atoms with Crippen molar-refractivity contribution >= 4 is 23.8 Å². The van der Waals surface area contributed by atoms with Gasteiger partial charge in [0.25, 0.3) is 5.91 Å². The van der Waals surface area contributed by atoms with E-state index in [9.17, 15) is 44.3 Å². The van der Waals surface area contributed by atoms with Gasteiger partial charge in [0.05, 0.1) is 11.8 Å². The number of likely N-dealkylation sites (tertiary alicyclic amines) is 1. The van der Waals surface area contributed by atoms with Crippen LogP contribution in [0.4, 0.5) is 39.5 Å². The highest BCUT2D eigenvalue weighted by Crippen LogP contribution is 2.33. The average molecular weight is 687 g/mol. The van der Waals surface area contributed by atoms with Gasteiger partial charge >= 0.3 is 36.4 Å². The fourth-order valence-electron chi connectivity index (χ4n) is 4.32. The van der Waals surface area contributed by atoms with Crippen LogP contribution >= 0.6 is 0 Å². The second-order valence-corrected chi connectivity index (χ2v) is 9.93. The summed E-state index contributed by atoms with van der Waals surface area (Å²) < 4.78 is 101. The molecule has 12 nitrogen and oxygen atoms in total. The van der Waals surface area contributed by atoms with Gasteiger partial charge in [-0.25, -0.2) is 14.4 Å². The molecule has 3 aliphatic heterocycles. The van der Waals surface area contributed by atoms with Crippen LogP contribution in [0.5, 0.6) is 0 Å². The lowest BCUT2D eigenvalue weighted by molar-refractivity contribution is -0.193. The maximum atomic E-state index is 12.8. The molecule has 21 heteroatoms. The number of fused-ring (bicyclic) bond motifs is 1. The molecule has 0 bridgehead atoms. The van der Waals surface area contributed by atoms with Crippen molar-refractivity contribution in [2.24, 2.45) is 0 Å². The number of halogens is 9. The Morgan fingerprint density at radius 3 is 1.67 bits per heavy atom. The van der Waals surface area contributed by atoms with Gasteiger partial charge < -0.3 is 29.9 Å². The van der Waals surface area contributed by atoms with E-state index in [1.165, 1.54) is 0 Å². The predicted octanol–water partition coefficient (Wildman–Crippen LogP) is 2.88. The Hall–Kier alpha value is -3.72. The molecule has 1 aromatic rings. The van der Waals surface area contributed by atoms with Crippen LogP contribution in [-0.4, -0.2) is 135 Å². The average Bonchev–Trinajstić information content (AvgIpc) is 3.35. The molecule has 3 atom stereocenters. The molecule has 1 amide bonds. The van der Waals surface area contributed by atoms with Crippen molar-refractivity contribution in [1.29, 1.82) is 0 Å². The summed E-state index contributed by atoms with van der Waals surface area (Å²) in [6.07, 6.45) is -10.5. The largest absolute Gasteiger partial charge is 0.490 e. The van der Waals surface area contributed by atoms with Gasteiger partial charge in [-0.2, -0.15) is 39.5 Å². The number of aliphatic carboxylic acids is 3. The molecule has 0 aromatic carbocycles. The topological polar surface area (TPSA) is 161 Å². The van der Waals surface area contributed by atoms with E-state index in [1.807, 2.05) is 23.2 Å². The van der Waals surface area contributed by atoms with E-state index in [0.29, 0.717) is 6.04 Å². The van der Waals surface area contributed by atoms with Crippen molar-refractivity contribution < 1.29 is 78.7 Å². The molecule has 262 valence electrons. The minimum absolute atomic E-state index is 0.193. The molecule has 4 rings (SSSR count). The molecule has 3 saturated heterocycles. The number of rotatable bonds is 3. The number of amides is 1. The van der Waals surface area contributed by atoms with Gasteiger partial charge in [0.15, 0.2) is 0 Å². The van der Waals surface area contributed by atoms with Crippen LogP contribution in [0, 0.1) is 0 Å². The van der Waals surface area contributed by atoms with Crippen LogP contribution in [0.1, 0.15) is 25.0 Å². The number of hydrogen-bond acceptors (Lipinski definition) is 8. The highest BCUT2D eigenvalue weighted by atomic mass is 19.4. The summed E-state index contributed by atoms with van der Waals surface area (Å²) in [4.78, 5) is 50.6. The Kier molecular flexibility index (Phi) is 15.1. The van der Waals surface area contributed by atoms with Gasteiger partial charge in [0.1, 0.15) is 6.10 Å². The lowest BCUT2D eigenvalue weighted by Crippen LogP contribution is -2.53. The number of carboxylic acids is 3. The first-order chi connectivity index (χ1) is 21.0. The number of hydrogen-bond donors (Lipinski definition) is 3. The molecule has 3 fully saturated rings. The van der Waals surface area contributed by atoms with Crippen LogP contribution in [0.2, 0.25) is 0 Å². The Bertz CT molecular complexity index is 1090. The van der Waals surface area contributed by atoms with Crippen molar-refractivity contribution in [2.75, 3.05) is 39.8 Å². The van der Waals surface area contributed by atoms with Crippen molar-refractivity contribution in [3.63, 3.8) is 0 Å². The summed E-state index contributed by atoms with van der Waals surface area (Å²) in [5.41, 5.74) is 1.11. The number of carbonyl (C=O) groups excluding carboxylic acids is 1. The molecule has 3 aliphatic rings. The van der Waals surface area contributed by atoms with Gasteiger partial charge in [-0.15, -0.1) is 0 Å². The van der Waals surface area contributed by atoms with Crippen LogP contribution in [0.3, 0.4) is 0 Å². The molecule has 46 heavy (non-hydrogen) atoms. The van der Waals surface area contributed by atoms with Crippen molar-refractivity contribution in [3.05, 3.63) is 30.1 Å². The summed E-state index contributed by atoms with van der Waals surface area (Å²) in [6.45, 7) is 5.48. The van der Waals surface area contributed by atoms with E-state index >= 15 is 0 Å². The summed E-state index contributed by atoms with van der Waals surface area (Å²) >= 11 is 0. The predicted molar refractivity (Wildman–Crippen MR) is 136 cm³/mol. The molecule has 3 N–H and O–H groups in total. The van der Waals surface area contributed by atoms with Crippen molar-refractivity contribution in [1.82, 2.24) is 19.7 Å². The SMILES string of the molecule is CN1CCN(C(=O)[C@H]2CC[C@@H]3[C@@H](CCN3Cc3ccccn3)O2)CC1.O=C(O)C(F)(F)F.O=C(O)C(F)(F)F.O=C(O)C(F)(F)F. The number of aromatic nitrogens is 1. The molecule has 0 radical (unpaired) electrons. The van der Waals surface area contributed by atoms with Gasteiger partial charge in [0, 0.05) is 51.5 Å². The number of alkyl halides is 9. The van der Waals surface area contributed by atoms with Crippen molar-refractivity contribution in [3.8, 4) is 0 Å². The summed E-state index contributed by atoms with van der Waals surface area (Å²) in [5.74, 6) is -8.07. The molecule has 0 saturated carbocycles. The lowest BCUT2D eigenvalue weighted by atomic mass is 9.98. The Labute approximate surface area is 255 Å². The molecule has 0 aliphatic carbocycles. The van der Waals surface area contributed by atoms with Crippen molar-refractivity contribution in [2.45, 2.75) is 62.6 Å². The second kappa shape index (κ2) is 17.3. The monoisotopic (exact) mass is 686 g/mol. The first-order valence-electron chi connectivity index (χ1n) is 13.2. The first kappa shape index (κ1) is 40.3. The maximum absolute atomic E-state index is 12.8. The van der Waals surface area contributed by atoms with E-state index < -0.39 is 36.4 Å². The number of ether oxygens (including phenoxy) is 1. The molecular formula is C25H31F9N4O8. The van der Waals surface area contributed by atoms with Gasteiger partial charge in [-0.1, -0.05) is 6.07 Å². The number of likely N-dealkylation sites (N-methyl/N-ethyl adjacent to an activating group) is 1. The highest BCUT2D eigenvalue weighted by molar-refractivity contribution is 5.81.